The minimum absolute atomic E-state index is 0. The minimum atomic E-state index is -0.223. The Hall–Kier alpha value is -5.39. The molecule has 290 valence electrons. The minimum Gasteiger partial charge on any atom is -0.503 e. The number of pyridine rings is 2. The zero-order valence-electron chi connectivity index (χ0n) is 34.5. The molecule has 2 aliphatic rings. The van der Waals surface area contributed by atoms with Crippen molar-refractivity contribution in [3.63, 3.8) is 0 Å². The van der Waals surface area contributed by atoms with E-state index in [-0.39, 0.29) is 44.3 Å². The Balaban J connectivity index is 0.00000436. The molecule has 8 aromatic rings. The van der Waals surface area contributed by atoms with E-state index < -0.39 is 0 Å². The first-order valence-corrected chi connectivity index (χ1v) is 20.0. The molecule has 0 radical (unpaired) electrons. The number of hydrogen-bond donors (Lipinski definition) is 0. The molecular formula is C50H46BN5OPt. The van der Waals surface area contributed by atoms with E-state index >= 15 is 0 Å². The molecule has 0 bridgehead atoms. The first-order valence-electron chi connectivity index (χ1n) is 20.0. The van der Waals surface area contributed by atoms with Gasteiger partial charge in [0.2, 0.25) is 0 Å². The number of nitrogens with zero attached hydrogens (tertiary/aromatic N) is 5. The molecule has 0 spiro atoms. The third kappa shape index (κ3) is 5.49. The smallest absolute Gasteiger partial charge is 0.503 e. The summed E-state index contributed by atoms with van der Waals surface area (Å²) in [6.07, 6.45) is 3.99. The van der Waals surface area contributed by atoms with Gasteiger partial charge in [-0.3, -0.25) is 4.98 Å². The van der Waals surface area contributed by atoms with Crippen molar-refractivity contribution in [1.29, 1.82) is 0 Å². The fourth-order valence-electron chi connectivity index (χ4n) is 9.29. The van der Waals surface area contributed by atoms with Gasteiger partial charge in [0, 0.05) is 51.6 Å². The molecule has 3 aromatic heterocycles. The van der Waals surface area contributed by atoms with Gasteiger partial charge in [0.25, 0.3) is 0 Å². The van der Waals surface area contributed by atoms with Crippen LogP contribution in [-0.4, -0.2) is 21.4 Å². The molecule has 0 fully saturated rings. The normalized spacial score (nSPS) is 15.4. The zero-order chi connectivity index (χ0) is 39.6. The molecule has 8 heteroatoms. The number of para-hydroxylation sites is 2. The second kappa shape index (κ2) is 13.3. The molecule has 0 saturated carbocycles. The van der Waals surface area contributed by atoms with Crippen molar-refractivity contribution in [1.82, 2.24) is 14.4 Å². The number of fused-ring (bicyclic) bond motifs is 4. The van der Waals surface area contributed by atoms with Gasteiger partial charge >= 0.3 is 28.0 Å². The van der Waals surface area contributed by atoms with Gasteiger partial charge in [0.05, 0.1) is 5.65 Å². The summed E-state index contributed by atoms with van der Waals surface area (Å²) < 4.78 is 9.13. The summed E-state index contributed by atoms with van der Waals surface area (Å²) in [5.41, 5.74) is 12.3. The predicted molar refractivity (Wildman–Crippen MR) is 235 cm³/mol. The van der Waals surface area contributed by atoms with Crippen LogP contribution in [0.4, 0.5) is 22.9 Å². The number of hydrogen-bond acceptors (Lipinski definition) is 5. The van der Waals surface area contributed by atoms with Gasteiger partial charge in [-0.15, -0.1) is 30.3 Å². The zero-order valence-corrected chi connectivity index (χ0v) is 36.8. The molecule has 58 heavy (non-hydrogen) atoms. The summed E-state index contributed by atoms with van der Waals surface area (Å²) >= 11 is 0. The van der Waals surface area contributed by atoms with Crippen LogP contribution in [0.25, 0.3) is 27.3 Å². The maximum atomic E-state index is 6.77. The molecule has 0 saturated heterocycles. The van der Waals surface area contributed by atoms with Crippen LogP contribution >= 0.6 is 0 Å². The van der Waals surface area contributed by atoms with Crippen LogP contribution in [0.5, 0.6) is 11.5 Å². The van der Waals surface area contributed by atoms with E-state index in [1.165, 1.54) is 44.3 Å². The van der Waals surface area contributed by atoms with Crippen LogP contribution in [0, 0.1) is 26.0 Å². The van der Waals surface area contributed by atoms with Crippen LogP contribution in [0.2, 0.25) is 0 Å². The number of ether oxygens (including phenoxy) is 1. The average Bonchev–Trinajstić information content (AvgIpc) is 3.78. The Morgan fingerprint density at radius 1 is 0.707 bits per heavy atom. The van der Waals surface area contributed by atoms with Gasteiger partial charge in [0.1, 0.15) is 5.82 Å². The Morgan fingerprint density at radius 3 is 2.16 bits per heavy atom. The quantitative estimate of drug-likeness (QED) is 0.0977. The van der Waals surface area contributed by atoms with Gasteiger partial charge in [-0.25, -0.2) is 4.98 Å². The maximum absolute atomic E-state index is 6.77. The summed E-state index contributed by atoms with van der Waals surface area (Å²) in [5, 5.41) is 3.25. The Morgan fingerprint density at radius 2 is 1.41 bits per heavy atom. The van der Waals surface area contributed by atoms with E-state index in [9.17, 15) is 0 Å². The topological polar surface area (TPSA) is 45.9 Å². The van der Waals surface area contributed by atoms with Gasteiger partial charge < -0.3 is 18.8 Å². The van der Waals surface area contributed by atoms with Crippen LogP contribution in [-0.2, 0) is 37.3 Å². The third-order valence-corrected chi connectivity index (χ3v) is 13.1. The fourth-order valence-corrected chi connectivity index (χ4v) is 9.29. The molecule has 0 unspecified atom stereocenters. The largest absolute Gasteiger partial charge is 2.00 e. The van der Waals surface area contributed by atoms with Crippen molar-refractivity contribution in [2.45, 2.75) is 78.6 Å². The summed E-state index contributed by atoms with van der Waals surface area (Å²) in [6.45, 7) is 20.3. The van der Waals surface area contributed by atoms with E-state index in [2.05, 4.69) is 186 Å². The van der Waals surface area contributed by atoms with Crippen molar-refractivity contribution in [3.8, 4) is 11.5 Å². The number of anilines is 4. The van der Waals surface area contributed by atoms with Crippen molar-refractivity contribution in [3.05, 3.63) is 156 Å². The second-order valence-corrected chi connectivity index (χ2v) is 17.9. The number of imidazole rings is 1. The molecule has 5 aromatic carbocycles. The number of aromatic nitrogens is 3. The monoisotopic (exact) mass is 938 g/mol. The first-order chi connectivity index (χ1) is 27.3. The molecule has 10 rings (SSSR count). The number of benzene rings is 5. The average molecular weight is 939 g/mol. The second-order valence-electron chi connectivity index (χ2n) is 17.9. The van der Waals surface area contributed by atoms with Crippen LogP contribution in [0.3, 0.4) is 0 Å². The predicted octanol–water partition coefficient (Wildman–Crippen LogP) is 11.6. The van der Waals surface area contributed by atoms with Crippen LogP contribution in [0.15, 0.2) is 116 Å². The van der Waals surface area contributed by atoms with Crippen molar-refractivity contribution in [2.24, 2.45) is 0 Å². The molecule has 2 aliphatic heterocycles. The molecule has 0 atom stereocenters. The van der Waals surface area contributed by atoms with Gasteiger partial charge in [0.15, 0.2) is 0 Å². The van der Waals surface area contributed by atoms with Gasteiger partial charge in [-0.2, -0.15) is 0 Å². The standard InChI is InChI=1S/C50H46BN5O.Pt/c1-31-15-13-16-32(2)45(31)51-55(34-17-11-10-12-18-34)41-24-22-36(29-42(41)56(51)44-27-33(25-26-52-44)48(3,4)5)57-35-21-23-37-38-19-14-20-40-46(38)54-43(50(8,9)49(40,6)7)30-53-47(54)39(37)28-35;/h10-27,30H,1-9H3;/q-2;+2. The SMILES string of the molecule is Cc1cccc(C)c1B1N(c2cc(C(C)(C)C)ccn2)c2[c-]c(Oc3[c-]c4c(cc3)c3cccc5c3n3c(cnc43)C(C)(C)C5(C)C)ccc2N1c1ccccc1.[Pt+2]. The van der Waals surface area contributed by atoms with E-state index in [0.717, 1.165) is 39.3 Å². The molecule has 6 nitrogen and oxygen atoms in total. The molecule has 0 aliphatic carbocycles. The Bertz CT molecular complexity index is 2910. The summed E-state index contributed by atoms with van der Waals surface area (Å²) in [7, 11) is 0. The first kappa shape index (κ1) is 38.1. The van der Waals surface area contributed by atoms with E-state index in [1.54, 1.807) is 0 Å². The van der Waals surface area contributed by atoms with Crippen LogP contribution < -0.4 is 19.8 Å². The van der Waals surface area contributed by atoms with Gasteiger partial charge in [-0.1, -0.05) is 142 Å². The van der Waals surface area contributed by atoms with Crippen molar-refractivity contribution in [2.75, 3.05) is 9.62 Å². The van der Waals surface area contributed by atoms with Crippen molar-refractivity contribution >= 4 is 62.6 Å². The fraction of sp³-hybridized carbons (Fsp3) is 0.240. The van der Waals surface area contributed by atoms with E-state index in [1.807, 2.05) is 18.3 Å². The van der Waals surface area contributed by atoms with E-state index in [4.69, 9.17) is 14.7 Å². The molecular weight excluding hydrogens is 892 g/mol. The summed E-state index contributed by atoms with van der Waals surface area (Å²) in [5.74, 6) is 2.07. The van der Waals surface area contributed by atoms with Crippen molar-refractivity contribution < 1.29 is 25.8 Å². The summed E-state index contributed by atoms with van der Waals surface area (Å²) in [4.78, 5) is 14.9. The van der Waals surface area contributed by atoms with Gasteiger partial charge in [-0.05, 0) is 65.5 Å². The Kier molecular flexibility index (Phi) is 8.76. The Labute approximate surface area is 356 Å². The molecule has 0 amide bonds. The maximum Gasteiger partial charge on any atom is 2.00 e. The number of rotatable bonds is 5. The number of aryl methyl sites for hydroxylation is 2. The molecule has 0 N–H and O–H groups in total. The van der Waals surface area contributed by atoms with Crippen LogP contribution in [0.1, 0.15) is 76.4 Å². The van der Waals surface area contributed by atoms with E-state index in [0.29, 0.717) is 11.5 Å². The third-order valence-electron chi connectivity index (χ3n) is 13.1. The summed E-state index contributed by atoms with van der Waals surface area (Å²) in [6, 6.07) is 44.0. The molecule has 5 heterocycles.